The van der Waals surface area contributed by atoms with Crippen LogP contribution in [0.15, 0.2) is 46.6 Å². The lowest BCUT2D eigenvalue weighted by Gasteiger charge is -2.14. The van der Waals surface area contributed by atoms with Crippen molar-refractivity contribution in [1.82, 2.24) is 24.5 Å². The summed E-state index contributed by atoms with van der Waals surface area (Å²) in [7, 11) is 0. The number of nitrogens with one attached hydrogen (secondary N) is 1. The number of hydrogen-bond acceptors (Lipinski definition) is 5. The van der Waals surface area contributed by atoms with Crippen molar-refractivity contribution >= 4 is 33.2 Å². The Bertz CT molecular complexity index is 1310. The summed E-state index contributed by atoms with van der Waals surface area (Å²) in [6, 6.07) is 12.4. The van der Waals surface area contributed by atoms with Crippen molar-refractivity contribution in [2.24, 2.45) is 5.92 Å². The standard InChI is InChI=1S/C26H33N5O2S/c1-18(2)14-16-30-25(33)24-21(15-17-34-24)31-22(28-29-26(30)31)10-7-11-23(32)27-19(3)12-13-20-8-5-4-6-9-20/h4-6,8-9,15,17-19H,7,10-14,16H2,1-3H3,(H,27,32)/t19-/m1/s1. The Morgan fingerprint density at radius 3 is 2.62 bits per heavy atom. The zero-order valence-corrected chi connectivity index (χ0v) is 21.0. The number of aryl methyl sites for hydroxylation is 3. The largest absolute Gasteiger partial charge is 0.354 e. The lowest BCUT2D eigenvalue weighted by Crippen LogP contribution is -2.32. The van der Waals surface area contributed by atoms with Crippen molar-refractivity contribution in [3.63, 3.8) is 0 Å². The van der Waals surface area contributed by atoms with E-state index in [9.17, 15) is 9.59 Å². The van der Waals surface area contributed by atoms with Gasteiger partial charge in [-0.15, -0.1) is 21.5 Å². The molecule has 180 valence electrons. The van der Waals surface area contributed by atoms with Gasteiger partial charge in [0.15, 0.2) is 0 Å². The fourth-order valence-corrected chi connectivity index (χ4v) is 5.01. The third kappa shape index (κ3) is 5.55. The summed E-state index contributed by atoms with van der Waals surface area (Å²) in [6.45, 7) is 6.97. The Morgan fingerprint density at radius 1 is 1.06 bits per heavy atom. The van der Waals surface area contributed by atoms with Crippen LogP contribution in [-0.2, 0) is 24.2 Å². The second-order valence-corrected chi connectivity index (χ2v) is 10.3. The molecule has 0 bridgehead atoms. The van der Waals surface area contributed by atoms with Gasteiger partial charge in [0, 0.05) is 25.4 Å². The van der Waals surface area contributed by atoms with Gasteiger partial charge in [-0.1, -0.05) is 44.2 Å². The number of rotatable bonds is 11. The summed E-state index contributed by atoms with van der Waals surface area (Å²) in [6.07, 6.45) is 4.49. The molecule has 4 aromatic rings. The summed E-state index contributed by atoms with van der Waals surface area (Å²) >= 11 is 1.45. The highest BCUT2D eigenvalue weighted by Crippen LogP contribution is 2.21. The molecule has 0 aliphatic carbocycles. The summed E-state index contributed by atoms with van der Waals surface area (Å²) in [5.74, 6) is 1.93. The minimum absolute atomic E-state index is 0.000896. The molecule has 3 aromatic heterocycles. The molecule has 0 saturated heterocycles. The van der Waals surface area contributed by atoms with Crippen LogP contribution < -0.4 is 10.9 Å². The number of aromatic nitrogens is 4. The Morgan fingerprint density at radius 2 is 1.85 bits per heavy atom. The van der Waals surface area contributed by atoms with E-state index in [0.29, 0.717) is 37.5 Å². The third-order valence-corrected chi connectivity index (χ3v) is 7.02. The van der Waals surface area contributed by atoms with Crippen LogP contribution in [0.3, 0.4) is 0 Å². The van der Waals surface area contributed by atoms with Crippen LogP contribution in [0.4, 0.5) is 0 Å². The SMILES string of the molecule is CC(C)CCn1c(=O)c2sccc2n2c(CCCC(=O)N[C@H](C)CCc3ccccc3)nnc12. The maximum Gasteiger partial charge on any atom is 0.272 e. The normalized spacial score (nSPS) is 12.6. The minimum Gasteiger partial charge on any atom is -0.354 e. The average molecular weight is 480 g/mol. The number of benzene rings is 1. The van der Waals surface area contributed by atoms with E-state index in [2.05, 4.69) is 48.4 Å². The van der Waals surface area contributed by atoms with Crippen LogP contribution in [0.2, 0.25) is 0 Å². The Balaban J connectivity index is 1.39. The Hall–Kier alpha value is -3.00. The molecule has 0 aliphatic rings. The van der Waals surface area contributed by atoms with Crippen molar-refractivity contribution in [3.8, 4) is 0 Å². The van der Waals surface area contributed by atoms with Gasteiger partial charge in [0.2, 0.25) is 11.7 Å². The van der Waals surface area contributed by atoms with Gasteiger partial charge in [0.1, 0.15) is 10.5 Å². The highest BCUT2D eigenvalue weighted by Gasteiger charge is 2.18. The molecule has 7 nitrogen and oxygen atoms in total. The molecule has 4 rings (SSSR count). The lowest BCUT2D eigenvalue weighted by atomic mass is 10.1. The van der Waals surface area contributed by atoms with Gasteiger partial charge in [-0.25, -0.2) is 0 Å². The molecule has 0 unspecified atom stereocenters. The molecule has 0 fully saturated rings. The number of thiophene rings is 1. The van der Waals surface area contributed by atoms with Crippen LogP contribution in [0.25, 0.3) is 16.0 Å². The van der Waals surface area contributed by atoms with Crippen molar-refractivity contribution < 1.29 is 4.79 Å². The van der Waals surface area contributed by atoms with Crippen LogP contribution >= 0.6 is 11.3 Å². The summed E-state index contributed by atoms with van der Waals surface area (Å²) < 4.78 is 4.46. The van der Waals surface area contributed by atoms with E-state index in [1.54, 1.807) is 4.57 Å². The molecule has 0 saturated carbocycles. The highest BCUT2D eigenvalue weighted by atomic mass is 32.1. The molecule has 8 heteroatoms. The van der Waals surface area contributed by atoms with Gasteiger partial charge in [-0.2, -0.15) is 0 Å². The first-order valence-electron chi connectivity index (χ1n) is 12.1. The molecular formula is C26H33N5O2S. The predicted molar refractivity (Wildman–Crippen MR) is 137 cm³/mol. The smallest absolute Gasteiger partial charge is 0.272 e. The monoisotopic (exact) mass is 479 g/mol. The van der Waals surface area contributed by atoms with Crippen molar-refractivity contribution in [3.05, 3.63) is 63.5 Å². The maximum absolute atomic E-state index is 13.0. The molecule has 0 spiro atoms. The molecule has 0 aliphatic heterocycles. The molecule has 1 atom stereocenters. The molecule has 0 radical (unpaired) electrons. The number of hydrogen-bond donors (Lipinski definition) is 1. The number of amides is 1. The van der Waals surface area contributed by atoms with E-state index in [4.69, 9.17) is 0 Å². The zero-order valence-electron chi connectivity index (χ0n) is 20.2. The zero-order chi connectivity index (χ0) is 24.1. The van der Waals surface area contributed by atoms with Gasteiger partial charge >= 0.3 is 0 Å². The van der Waals surface area contributed by atoms with E-state index >= 15 is 0 Å². The summed E-state index contributed by atoms with van der Waals surface area (Å²) in [4.78, 5) is 25.5. The lowest BCUT2D eigenvalue weighted by molar-refractivity contribution is -0.121. The highest BCUT2D eigenvalue weighted by molar-refractivity contribution is 7.17. The van der Waals surface area contributed by atoms with Crippen molar-refractivity contribution in [2.45, 2.75) is 71.9 Å². The van der Waals surface area contributed by atoms with Gasteiger partial charge in [-0.05, 0) is 55.5 Å². The quantitative estimate of drug-likeness (QED) is 0.341. The first kappa shape index (κ1) is 24.1. The van der Waals surface area contributed by atoms with Gasteiger partial charge < -0.3 is 5.32 Å². The van der Waals surface area contributed by atoms with Gasteiger partial charge in [-0.3, -0.25) is 18.6 Å². The van der Waals surface area contributed by atoms with E-state index < -0.39 is 0 Å². The first-order chi connectivity index (χ1) is 16.4. The fourth-order valence-electron chi connectivity index (χ4n) is 4.19. The van der Waals surface area contributed by atoms with E-state index in [1.807, 2.05) is 34.0 Å². The van der Waals surface area contributed by atoms with E-state index in [1.165, 1.54) is 16.9 Å². The molecule has 34 heavy (non-hydrogen) atoms. The van der Waals surface area contributed by atoms with Crippen molar-refractivity contribution in [2.75, 3.05) is 0 Å². The van der Waals surface area contributed by atoms with E-state index in [0.717, 1.165) is 35.3 Å². The molecule has 1 aromatic carbocycles. The number of carbonyl (C=O) groups is 1. The Kier molecular flexibility index (Phi) is 7.77. The number of nitrogens with zero attached hydrogens (tertiary/aromatic N) is 4. The summed E-state index contributed by atoms with van der Waals surface area (Å²) in [5.41, 5.74) is 2.14. The molecule has 3 heterocycles. The van der Waals surface area contributed by atoms with Crippen LogP contribution in [0, 0.1) is 5.92 Å². The van der Waals surface area contributed by atoms with Crippen LogP contribution in [-0.4, -0.2) is 31.1 Å². The Labute approximate surface area is 203 Å². The van der Waals surface area contributed by atoms with Crippen LogP contribution in [0.1, 0.15) is 57.8 Å². The molecule has 1 N–H and O–H groups in total. The molecular weight excluding hydrogens is 446 g/mol. The maximum atomic E-state index is 13.0. The number of carbonyl (C=O) groups excluding carboxylic acids is 1. The first-order valence-corrected chi connectivity index (χ1v) is 13.0. The van der Waals surface area contributed by atoms with Crippen LogP contribution in [0.5, 0.6) is 0 Å². The molecule has 1 amide bonds. The fraction of sp³-hybridized carbons (Fsp3) is 0.462. The summed E-state index contributed by atoms with van der Waals surface area (Å²) in [5, 5.41) is 13.8. The third-order valence-electron chi connectivity index (χ3n) is 6.13. The van der Waals surface area contributed by atoms with Crippen molar-refractivity contribution in [1.29, 1.82) is 0 Å². The minimum atomic E-state index is 0.000896. The second kappa shape index (κ2) is 11.0. The van der Waals surface area contributed by atoms with E-state index in [-0.39, 0.29) is 17.5 Å². The van der Waals surface area contributed by atoms with Gasteiger partial charge in [0.25, 0.3) is 5.56 Å². The topological polar surface area (TPSA) is 81.3 Å². The predicted octanol–water partition coefficient (Wildman–Crippen LogP) is 4.61. The average Bonchev–Trinajstić information content (AvgIpc) is 3.46. The van der Waals surface area contributed by atoms with Gasteiger partial charge in [0.05, 0.1) is 5.52 Å². The number of fused-ring (bicyclic) bond motifs is 3. The second-order valence-electron chi connectivity index (χ2n) is 9.37.